The van der Waals surface area contributed by atoms with Gasteiger partial charge < -0.3 is 10.2 Å². The van der Waals surface area contributed by atoms with Gasteiger partial charge in [0.25, 0.3) is 0 Å². The number of halogens is 1. The number of carbonyl (C=O) groups excluding carboxylic acids is 2. The smallest absolute Gasteiger partial charge is 0.244 e. The molecule has 0 radical (unpaired) electrons. The molecule has 33 heavy (non-hydrogen) atoms. The molecule has 2 aromatic carbocycles. The van der Waals surface area contributed by atoms with Crippen LogP contribution in [0.5, 0.6) is 0 Å². The van der Waals surface area contributed by atoms with Gasteiger partial charge in [0.2, 0.25) is 21.8 Å². The summed E-state index contributed by atoms with van der Waals surface area (Å²) < 4.78 is 39.5. The minimum atomic E-state index is -3.90. The highest BCUT2D eigenvalue weighted by molar-refractivity contribution is 7.92. The number of hydrogen-bond donors (Lipinski definition) is 1. The lowest BCUT2D eigenvalue weighted by Gasteiger charge is -2.33. The van der Waals surface area contributed by atoms with Crippen molar-refractivity contribution in [1.82, 2.24) is 10.2 Å². The molecule has 0 aliphatic heterocycles. The third kappa shape index (κ3) is 7.85. The maximum Gasteiger partial charge on any atom is 0.244 e. The second-order valence-electron chi connectivity index (χ2n) is 9.17. The Hall–Kier alpha value is -2.94. The van der Waals surface area contributed by atoms with E-state index in [0.717, 1.165) is 27.8 Å². The molecule has 0 saturated heterocycles. The van der Waals surface area contributed by atoms with Crippen LogP contribution in [0.4, 0.5) is 10.1 Å². The van der Waals surface area contributed by atoms with E-state index in [2.05, 4.69) is 5.32 Å². The van der Waals surface area contributed by atoms with E-state index < -0.39 is 39.9 Å². The first-order valence-electron chi connectivity index (χ1n) is 10.6. The van der Waals surface area contributed by atoms with Crippen LogP contribution < -0.4 is 9.62 Å². The molecular formula is C24H32FN3O4S. The zero-order valence-corrected chi connectivity index (χ0v) is 20.7. The van der Waals surface area contributed by atoms with Gasteiger partial charge in [0, 0.05) is 12.1 Å². The number of nitrogens with zero attached hydrogens (tertiary/aromatic N) is 2. The molecule has 7 nitrogen and oxygen atoms in total. The predicted octanol–water partition coefficient (Wildman–Crippen LogP) is 3.23. The van der Waals surface area contributed by atoms with Crippen molar-refractivity contribution in [2.45, 2.75) is 52.7 Å². The first kappa shape index (κ1) is 26.3. The molecule has 0 fully saturated rings. The molecule has 2 amide bonds. The Morgan fingerprint density at radius 1 is 1.09 bits per heavy atom. The molecule has 0 aliphatic rings. The number of hydrogen-bond acceptors (Lipinski definition) is 4. The van der Waals surface area contributed by atoms with Crippen LogP contribution in [-0.4, -0.2) is 49.5 Å². The Labute approximate surface area is 195 Å². The van der Waals surface area contributed by atoms with Crippen LogP contribution in [0, 0.1) is 12.7 Å². The van der Waals surface area contributed by atoms with Crippen LogP contribution in [0.2, 0.25) is 0 Å². The highest BCUT2D eigenvalue weighted by atomic mass is 32.2. The first-order valence-corrected chi connectivity index (χ1v) is 12.4. The van der Waals surface area contributed by atoms with Gasteiger partial charge in [0.05, 0.1) is 11.9 Å². The maximum absolute atomic E-state index is 13.8. The van der Waals surface area contributed by atoms with Crippen molar-refractivity contribution in [3.05, 3.63) is 65.5 Å². The average molecular weight is 478 g/mol. The molecule has 1 atom stereocenters. The van der Waals surface area contributed by atoms with Gasteiger partial charge in [-0.2, -0.15) is 0 Å². The zero-order chi connectivity index (χ0) is 25.0. The van der Waals surface area contributed by atoms with E-state index in [4.69, 9.17) is 0 Å². The van der Waals surface area contributed by atoms with Crippen molar-refractivity contribution in [1.29, 1.82) is 0 Å². The lowest BCUT2D eigenvalue weighted by atomic mass is 10.1. The summed E-state index contributed by atoms with van der Waals surface area (Å²) >= 11 is 0. The second-order valence-corrected chi connectivity index (χ2v) is 11.1. The van der Waals surface area contributed by atoms with E-state index in [9.17, 15) is 22.4 Å². The number of carbonyl (C=O) groups is 2. The third-order valence-corrected chi connectivity index (χ3v) is 6.05. The van der Waals surface area contributed by atoms with Gasteiger partial charge >= 0.3 is 0 Å². The molecule has 1 N–H and O–H groups in total. The summed E-state index contributed by atoms with van der Waals surface area (Å²) in [5.41, 5.74) is 1.36. The quantitative estimate of drug-likeness (QED) is 0.633. The maximum atomic E-state index is 13.8. The number of nitrogens with one attached hydrogen (secondary N) is 1. The average Bonchev–Trinajstić information content (AvgIpc) is 2.68. The van der Waals surface area contributed by atoms with Crippen molar-refractivity contribution in [2.24, 2.45) is 0 Å². The Bertz CT molecular complexity index is 1100. The van der Waals surface area contributed by atoms with Crippen LogP contribution in [0.1, 0.15) is 38.8 Å². The number of aryl methyl sites for hydroxylation is 1. The van der Waals surface area contributed by atoms with E-state index in [-0.39, 0.29) is 18.1 Å². The molecule has 0 saturated carbocycles. The minimum Gasteiger partial charge on any atom is -0.350 e. The fourth-order valence-electron chi connectivity index (χ4n) is 3.19. The van der Waals surface area contributed by atoms with Gasteiger partial charge in [-0.3, -0.25) is 13.9 Å². The van der Waals surface area contributed by atoms with Gasteiger partial charge in [-0.15, -0.1) is 0 Å². The second kappa shape index (κ2) is 10.3. The summed E-state index contributed by atoms with van der Waals surface area (Å²) in [4.78, 5) is 27.6. The summed E-state index contributed by atoms with van der Waals surface area (Å²) in [5.74, 6) is -1.57. The zero-order valence-electron chi connectivity index (χ0n) is 19.9. The Kier molecular flexibility index (Phi) is 8.24. The van der Waals surface area contributed by atoms with Gasteiger partial charge in [0.1, 0.15) is 18.4 Å². The van der Waals surface area contributed by atoms with Gasteiger partial charge in [0.15, 0.2) is 0 Å². The van der Waals surface area contributed by atoms with Crippen LogP contribution in [0.15, 0.2) is 48.5 Å². The molecule has 2 rings (SSSR count). The van der Waals surface area contributed by atoms with Crippen molar-refractivity contribution in [3.63, 3.8) is 0 Å². The first-order chi connectivity index (χ1) is 15.2. The minimum absolute atomic E-state index is 0.0351. The van der Waals surface area contributed by atoms with E-state index in [0.29, 0.717) is 0 Å². The van der Waals surface area contributed by atoms with E-state index in [1.165, 1.54) is 23.1 Å². The van der Waals surface area contributed by atoms with Crippen molar-refractivity contribution in [3.8, 4) is 0 Å². The summed E-state index contributed by atoms with van der Waals surface area (Å²) in [5, 5.41) is 2.86. The Balaban J connectivity index is 2.39. The lowest BCUT2D eigenvalue weighted by Crippen LogP contribution is -2.54. The Morgan fingerprint density at radius 3 is 2.21 bits per heavy atom. The number of benzene rings is 2. The number of amides is 2. The third-order valence-electron chi connectivity index (χ3n) is 4.91. The molecule has 0 aliphatic carbocycles. The fraction of sp³-hybridized carbons (Fsp3) is 0.417. The van der Waals surface area contributed by atoms with Crippen LogP contribution >= 0.6 is 0 Å². The van der Waals surface area contributed by atoms with Gasteiger partial charge in [-0.1, -0.05) is 35.9 Å². The molecular weight excluding hydrogens is 445 g/mol. The molecule has 0 bridgehead atoms. The van der Waals surface area contributed by atoms with Crippen molar-refractivity contribution >= 4 is 27.5 Å². The summed E-state index contributed by atoms with van der Waals surface area (Å²) in [6, 6.07) is 11.7. The molecule has 9 heteroatoms. The summed E-state index contributed by atoms with van der Waals surface area (Å²) in [6.07, 6.45) is 0.950. The number of anilines is 1. The normalized spacial score (nSPS) is 12.7. The topological polar surface area (TPSA) is 86.8 Å². The molecule has 0 unspecified atom stereocenters. The van der Waals surface area contributed by atoms with Gasteiger partial charge in [-0.25, -0.2) is 12.8 Å². The molecule has 180 valence electrons. The molecule has 0 aromatic heterocycles. The van der Waals surface area contributed by atoms with E-state index in [1.807, 2.05) is 52.0 Å². The largest absolute Gasteiger partial charge is 0.350 e. The highest BCUT2D eigenvalue weighted by Crippen LogP contribution is 2.20. The highest BCUT2D eigenvalue weighted by Gasteiger charge is 2.31. The van der Waals surface area contributed by atoms with Crippen molar-refractivity contribution < 1.29 is 22.4 Å². The van der Waals surface area contributed by atoms with Crippen molar-refractivity contribution in [2.75, 3.05) is 17.1 Å². The van der Waals surface area contributed by atoms with Crippen LogP contribution in [0.3, 0.4) is 0 Å². The van der Waals surface area contributed by atoms with Gasteiger partial charge in [-0.05, 0) is 58.4 Å². The lowest BCUT2D eigenvalue weighted by molar-refractivity contribution is -0.140. The molecule has 0 spiro atoms. The monoisotopic (exact) mass is 477 g/mol. The number of rotatable bonds is 8. The van der Waals surface area contributed by atoms with E-state index in [1.54, 1.807) is 6.92 Å². The fourth-order valence-corrected chi connectivity index (χ4v) is 4.03. The SMILES string of the molecule is Cc1ccc(CN(C(=O)CN(c2cccc(F)c2)S(C)(=O)=O)[C@@H](C)C(=O)NC(C)(C)C)cc1. The number of sulfonamides is 1. The summed E-state index contributed by atoms with van der Waals surface area (Å²) in [6.45, 7) is 8.58. The van der Waals surface area contributed by atoms with Crippen LogP contribution in [-0.2, 0) is 26.2 Å². The van der Waals surface area contributed by atoms with Crippen LogP contribution in [0.25, 0.3) is 0 Å². The standard InChI is InChI=1S/C24H32FN3O4S/c1-17-10-12-19(13-11-17)15-27(18(2)23(30)26-24(3,4)5)22(29)16-28(33(6,31)32)21-9-7-8-20(25)14-21/h7-14,18H,15-16H2,1-6H3,(H,26,30)/t18-/m0/s1. The Morgan fingerprint density at radius 2 is 1.70 bits per heavy atom. The predicted molar refractivity (Wildman–Crippen MR) is 128 cm³/mol. The molecule has 0 heterocycles. The molecule has 2 aromatic rings. The summed E-state index contributed by atoms with van der Waals surface area (Å²) in [7, 11) is -3.90. The van der Waals surface area contributed by atoms with E-state index >= 15 is 0 Å².